The van der Waals surface area contributed by atoms with Gasteiger partial charge in [-0.3, -0.25) is 4.99 Å². The van der Waals surface area contributed by atoms with Crippen LogP contribution < -0.4 is 15.5 Å². The lowest BCUT2D eigenvalue weighted by molar-refractivity contribution is 0.167. The van der Waals surface area contributed by atoms with E-state index in [1.165, 1.54) is 31.2 Å². The predicted molar refractivity (Wildman–Crippen MR) is 124 cm³/mol. The zero-order valence-electron chi connectivity index (χ0n) is 16.9. The first-order valence-electron chi connectivity index (χ1n) is 10.1. The molecule has 0 amide bonds. The number of rotatable bonds is 5. The molecule has 152 valence electrons. The van der Waals surface area contributed by atoms with Crippen LogP contribution in [0.3, 0.4) is 0 Å². The first-order chi connectivity index (χ1) is 12.7. The Morgan fingerprint density at radius 1 is 1.19 bits per heavy atom. The lowest BCUT2D eigenvalue weighted by Gasteiger charge is -2.35. The van der Waals surface area contributed by atoms with Crippen molar-refractivity contribution >= 4 is 35.8 Å². The van der Waals surface area contributed by atoms with E-state index in [2.05, 4.69) is 56.4 Å². The van der Waals surface area contributed by atoms with Crippen LogP contribution in [-0.2, 0) is 6.54 Å². The average Bonchev–Trinajstić information content (AvgIpc) is 3.20. The maximum atomic E-state index is 4.63. The Labute approximate surface area is 181 Å². The van der Waals surface area contributed by atoms with Gasteiger partial charge in [-0.2, -0.15) is 0 Å². The fourth-order valence-electron chi connectivity index (χ4n) is 3.79. The fourth-order valence-corrected chi connectivity index (χ4v) is 3.79. The summed E-state index contributed by atoms with van der Waals surface area (Å²) in [5, 5.41) is 7.00. The Morgan fingerprint density at radius 3 is 2.44 bits per heavy atom. The second-order valence-corrected chi connectivity index (χ2v) is 7.69. The number of guanidine groups is 1. The number of aromatic nitrogens is 1. The topological polar surface area (TPSA) is 55.8 Å². The summed E-state index contributed by atoms with van der Waals surface area (Å²) in [6, 6.07) is 5.46. The molecule has 7 heteroatoms. The summed E-state index contributed by atoms with van der Waals surface area (Å²) >= 11 is 0. The molecular formula is C20H35IN6. The molecule has 2 aliphatic rings. The zero-order chi connectivity index (χ0) is 18.4. The van der Waals surface area contributed by atoms with Gasteiger partial charge < -0.3 is 20.4 Å². The van der Waals surface area contributed by atoms with Gasteiger partial charge in [-0.15, -0.1) is 24.0 Å². The molecule has 0 atom stereocenters. The van der Waals surface area contributed by atoms with Gasteiger partial charge in [-0.1, -0.05) is 6.07 Å². The molecule has 0 aromatic carbocycles. The smallest absolute Gasteiger partial charge is 0.191 e. The van der Waals surface area contributed by atoms with Gasteiger partial charge in [-0.25, -0.2) is 4.98 Å². The molecule has 6 nitrogen and oxygen atoms in total. The van der Waals surface area contributed by atoms with Crippen LogP contribution >= 0.6 is 24.0 Å². The third-order valence-corrected chi connectivity index (χ3v) is 5.52. The number of nitrogens with one attached hydrogen (secondary N) is 2. The van der Waals surface area contributed by atoms with Crippen molar-refractivity contribution in [3.05, 3.63) is 23.9 Å². The highest BCUT2D eigenvalue weighted by atomic mass is 127. The molecule has 2 saturated heterocycles. The van der Waals surface area contributed by atoms with E-state index in [0.717, 1.165) is 44.5 Å². The molecule has 1 aromatic heterocycles. The summed E-state index contributed by atoms with van der Waals surface area (Å²) in [5.41, 5.74) is 1.19. The number of likely N-dealkylation sites (tertiary alicyclic amines) is 1. The monoisotopic (exact) mass is 486 g/mol. The van der Waals surface area contributed by atoms with Crippen LogP contribution in [0.25, 0.3) is 0 Å². The molecule has 3 heterocycles. The first-order valence-corrected chi connectivity index (χ1v) is 10.1. The predicted octanol–water partition coefficient (Wildman–Crippen LogP) is 2.84. The van der Waals surface area contributed by atoms with E-state index >= 15 is 0 Å². The molecule has 2 fully saturated rings. The Morgan fingerprint density at radius 2 is 1.89 bits per heavy atom. The molecule has 27 heavy (non-hydrogen) atoms. The Bertz CT molecular complexity index is 575. The van der Waals surface area contributed by atoms with Gasteiger partial charge in [0, 0.05) is 58.1 Å². The molecule has 0 aliphatic carbocycles. The Kier molecular flexibility index (Phi) is 9.08. The first kappa shape index (κ1) is 22.2. The number of hydrogen-bond donors (Lipinski definition) is 2. The molecule has 0 radical (unpaired) electrons. The van der Waals surface area contributed by atoms with Crippen molar-refractivity contribution in [2.75, 3.05) is 38.1 Å². The number of nitrogens with zero attached hydrogens (tertiary/aromatic N) is 4. The van der Waals surface area contributed by atoms with Gasteiger partial charge in [-0.05, 0) is 51.2 Å². The van der Waals surface area contributed by atoms with E-state index in [1.54, 1.807) is 0 Å². The van der Waals surface area contributed by atoms with Crippen molar-refractivity contribution in [1.29, 1.82) is 0 Å². The van der Waals surface area contributed by atoms with E-state index in [4.69, 9.17) is 0 Å². The quantitative estimate of drug-likeness (QED) is 0.381. The number of anilines is 1. The fraction of sp³-hybridized carbons (Fsp3) is 0.700. The highest BCUT2D eigenvalue weighted by Gasteiger charge is 2.21. The SMILES string of the molecule is CN=C(NCc1ccc(N2CCCC2)nc1)NC1CCN(C(C)C)CC1.I. The van der Waals surface area contributed by atoms with Crippen LogP contribution in [0, 0.1) is 0 Å². The normalized spacial score (nSPS) is 19.3. The van der Waals surface area contributed by atoms with Crippen LogP contribution in [0.5, 0.6) is 0 Å². The van der Waals surface area contributed by atoms with Gasteiger partial charge in [0.15, 0.2) is 5.96 Å². The van der Waals surface area contributed by atoms with Crippen molar-refractivity contribution < 1.29 is 0 Å². The van der Waals surface area contributed by atoms with Crippen molar-refractivity contribution in [2.45, 2.75) is 58.2 Å². The highest BCUT2D eigenvalue weighted by Crippen LogP contribution is 2.17. The Hall–Kier alpha value is -1.09. The summed E-state index contributed by atoms with van der Waals surface area (Å²) in [4.78, 5) is 13.9. The summed E-state index contributed by atoms with van der Waals surface area (Å²) in [6.07, 6.45) is 6.89. The lowest BCUT2D eigenvalue weighted by atomic mass is 10.0. The van der Waals surface area contributed by atoms with E-state index in [-0.39, 0.29) is 24.0 Å². The second-order valence-electron chi connectivity index (χ2n) is 7.69. The van der Waals surface area contributed by atoms with Gasteiger partial charge in [0.1, 0.15) is 5.82 Å². The zero-order valence-corrected chi connectivity index (χ0v) is 19.3. The third-order valence-electron chi connectivity index (χ3n) is 5.52. The molecule has 1 aromatic rings. The molecule has 2 N–H and O–H groups in total. The van der Waals surface area contributed by atoms with Crippen LogP contribution in [0.1, 0.15) is 45.1 Å². The molecule has 0 bridgehead atoms. The van der Waals surface area contributed by atoms with Gasteiger partial charge in [0.05, 0.1) is 0 Å². The van der Waals surface area contributed by atoms with Crippen LogP contribution in [-0.4, -0.2) is 61.2 Å². The minimum atomic E-state index is 0. The maximum absolute atomic E-state index is 4.63. The maximum Gasteiger partial charge on any atom is 0.191 e. The summed E-state index contributed by atoms with van der Waals surface area (Å²) in [7, 11) is 1.84. The largest absolute Gasteiger partial charge is 0.357 e. The number of halogens is 1. The average molecular weight is 486 g/mol. The van der Waals surface area contributed by atoms with E-state index in [0.29, 0.717) is 12.1 Å². The highest BCUT2D eigenvalue weighted by molar-refractivity contribution is 14.0. The van der Waals surface area contributed by atoms with Crippen LogP contribution in [0.2, 0.25) is 0 Å². The lowest BCUT2D eigenvalue weighted by Crippen LogP contribution is -2.49. The van der Waals surface area contributed by atoms with E-state index in [9.17, 15) is 0 Å². The number of hydrogen-bond acceptors (Lipinski definition) is 4. The molecule has 0 unspecified atom stereocenters. The Balaban J connectivity index is 0.00000261. The van der Waals surface area contributed by atoms with Gasteiger partial charge in [0.25, 0.3) is 0 Å². The number of aliphatic imine (C=N–C) groups is 1. The van der Waals surface area contributed by atoms with Crippen molar-refractivity contribution in [3.8, 4) is 0 Å². The summed E-state index contributed by atoms with van der Waals surface area (Å²) in [6.45, 7) is 9.89. The van der Waals surface area contributed by atoms with Crippen LogP contribution in [0.15, 0.2) is 23.3 Å². The molecule has 3 rings (SSSR count). The van der Waals surface area contributed by atoms with E-state index in [1.807, 2.05) is 13.2 Å². The molecule has 2 aliphatic heterocycles. The van der Waals surface area contributed by atoms with Crippen molar-refractivity contribution in [3.63, 3.8) is 0 Å². The van der Waals surface area contributed by atoms with Crippen molar-refractivity contribution in [1.82, 2.24) is 20.5 Å². The molecular weight excluding hydrogens is 451 g/mol. The third kappa shape index (κ3) is 6.48. The van der Waals surface area contributed by atoms with E-state index < -0.39 is 0 Å². The molecule has 0 spiro atoms. The minimum Gasteiger partial charge on any atom is -0.357 e. The number of piperidine rings is 1. The van der Waals surface area contributed by atoms with Crippen LogP contribution in [0.4, 0.5) is 5.82 Å². The second kappa shape index (κ2) is 11.0. The standard InChI is InChI=1S/C20H34N6.HI/c1-16(2)25-12-8-18(9-13-25)24-20(21-3)23-15-17-6-7-19(22-14-17)26-10-4-5-11-26;/h6-7,14,16,18H,4-5,8-13,15H2,1-3H3,(H2,21,23,24);1H. The van der Waals surface area contributed by atoms with Gasteiger partial charge in [0.2, 0.25) is 0 Å². The molecule has 0 saturated carbocycles. The van der Waals surface area contributed by atoms with Gasteiger partial charge >= 0.3 is 0 Å². The number of pyridine rings is 1. The minimum absolute atomic E-state index is 0. The summed E-state index contributed by atoms with van der Waals surface area (Å²) in [5.74, 6) is 1.99. The summed E-state index contributed by atoms with van der Waals surface area (Å²) < 4.78 is 0. The van der Waals surface area contributed by atoms with Crippen molar-refractivity contribution in [2.24, 2.45) is 4.99 Å².